The number of benzene rings is 1. The van der Waals surface area contributed by atoms with Gasteiger partial charge in [0, 0.05) is 36.1 Å². The van der Waals surface area contributed by atoms with Gasteiger partial charge in [-0.25, -0.2) is 9.37 Å². The maximum absolute atomic E-state index is 13.0. The molecule has 1 aliphatic carbocycles. The van der Waals surface area contributed by atoms with Gasteiger partial charge in [0.1, 0.15) is 17.6 Å². The van der Waals surface area contributed by atoms with Crippen LogP contribution in [-0.4, -0.2) is 47.9 Å². The Labute approximate surface area is 204 Å². The van der Waals surface area contributed by atoms with E-state index in [1.54, 1.807) is 12.1 Å². The summed E-state index contributed by atoms with van der Waals surface area (Å²) in [5.74, 6) is 0.925. The number of alkyl halides is 1. The summed E-state index contributed by atoms with van der Waals surface area (Å²) in [6.07, 6.45) is 4.81. The van der Waals surface area contributed by atoms with Gasteiger partial charge in [-0.2, -0.15) is 0 Å². The van der Waals surface area contributed by atoms with Crippen LogP contribution >= 0.6 is 9.24 Å². The summed E-state index contributed by atoms with van der Waals surface area (Å²) in [4.78, 5) is 17.3. The number of hydrogen-bond acceptors (Lipinski definition) is 4. The first-order valence-corrected chi connectivity index (χ1v) is 12.4. The fraction of sp³-hybridized carbons (Fsp3) is 0.440. The first kappa shape index (κ1) is 24.5. The van der Waals surface area contributed by atoms with Gasteiger partial charge in [-0.15, -0.1) is 9.24 Å². The van der Waals surface area contributed by atoms with Gasteiger partial charge < -0.3 is 16.0 Å². The number of fused-ring (bicyclic) bond motifs is 1. The van der Waals surface area contributed by atoms with Crippen molar-refractivity contribution in [2.75, 3.05) is 17.2 Å². The van der Waals surface area contributed by atoms with Crippen LogP contribution in [-0.2, 0) is 5.06 Å². The van der Waals surface area contributed by atoms with Crippen LogP contribution in [0.15, 0.2) is 48.7 Å². The number of rotatable bonds is 8. The number of hydrogen-bond donors (Lipinski definition) is 3. The van der Waals surface area contributed by atoms with Gasteiger partial charge in [0.05, 0.1) is 13.5 Å². The zero-order valence-corrected chi connectivity index (χ0v) is 20.9. The number of anilines is 2. The summed E-state index contributed by atoms with van der Waals surface area (Å²) in [6.45, 7) is 3.68. The lowest BCUT2D eigenvalue weighted by Crippen LogP contribution is -2.40. The lowest BCUT2D eigenvalue weighted by Gasteiger charge is -2.30. The van der Waals surface area contributed by atoms with Crippen LogP contribution < -0.4 is 16.0 Å². The molecule has 3 atom stereocenters. The maximum atomic E-state index is 13.0. The summed E-state index contributed by atoms with van der Waals surface area (Å²) >= 11 is 0. The van der Waals surface area contributed by atoms with E-state index in [0.29, 0.717) is 11.6 Å². The molecule has 0 saturated heterocycles. The normalized spacial score (nSPS) is 20.9. The molecule has 2 heterocycles. The van der Waals surface area contributed by atoms with E-state index in [2.05, 4.69) is 36.2 Å². The number of imidazole rings is 1. The summed E-state index contributed by atoms with van der Waals surface area (Å²) in [6, 6.07) is 13.7. The average Bonchev–Trinajstić information content (AvgIpc) is 3.25. The van der Waals surface area contributed by atoms with Gasteiger partial charge in [0.15, 0.2) is 0 Å². The molecule has 0 bridgehead atoms. The molecule has 3 aromatic rings. The minimum atomic E-state index is -0.921. The Bertz CT molecular complexity index is 1120. The minimum absolute atomic E-state index is 0.0696. The molecule has 3 unspecified atom stereocenters. The predicted molar refractivity (Wildman–Crippen MR) is 141 cm³/mol. The number of halogens is 1. The molecule has 2 aromatic heterocycles. The van der Waals surface area contributed by atoms with Crippen molar-refractivity contribution < 1.29 is 9.18 Å². The molecule has 4 rings (SSSR count). The number of carbonyl (C=O) groups excluding carboxylic acids is 1. The van der Waals surface area contributed by atoms with E-state index in [4.69, 9.17) is 7.85 Å². The average molecular weight is 479 g/mol. The molecule has 1 saturated carbocycles. The molecule has 1 aromatic carbocycles. The Morgan fingerprint density at radius 1 is 1.21 bits per heavy atom. The summed E-state index contributed by atoms with van der Waals surface area (Å²) in [7, 11) is 8.83. The lowest BCUT2D eigenvalue weighted by atomic mass is 9.85. The molecule has 0 spiro atoms. The van der Waals surface area contributed by atoms with Crippen molar-refractivity contribution in [1.82, 2.24) is 14.7 Å². The maximum Gasteiger partial charge on any atom is 0.251 e. The number of aromatic nitrogens is 2. The summed E-state index contributed by atoms with van der Waals surface area (Å²) < 4.78 is 15.0. The molecule has 9 heteroatoms. The second kappa shape index (κ2) is 10.3. The topological polar surface area (TPSA) is 70.5 Å². The largest absolute Gasteiger partial charge is 0.382 e. The van der Waals surface area contributed by atoms with E-state index in [9.17, 15) is 9.18 Å². The third kappa shape index (κ3) is 6.09. The molecule has 178 valence electrons. The van der Waals surface area contributed by atoms with Crippen molar-refractivity contribution in [3.63, 3.8) is 0 Å². The fourth-order valence-electron chi connectivity index (χ4n) is 4.25. The molecular formula is C25H32BFN5OP. The fourth-order valence-corrected chi connectivity index (χ4v) is 4.38. The van der Waals surface area contributed by atoms with Crippen molar-refractivity contribution in [2.45, 2.75) is 62.8 Å². The van der Waals surface area contributed by atoms with Crippen LogP contribution in [0.25, 0.3) is 5.65 Å². The monoisotopic (exact) mass is 479 g/mol. The van der Waals surface area contributed by atoms with Gasteiger partial charge in [0.25, 0.3) is 5.91 Å². The zero-order valence-electron chi connectivity index (χ0n) is 19.7. The first-order chi connectivity index (χ1) is 16.2. The van der Waals surface area contributed by atoms with E-state index in [0.717, 1.165) is 48.5 Å². The first-order valence-electron chi connectivity index (χ1n) is 11.8. The Morgan fingerprint density at radius 3 is 2.53 bits per heavy atom. The van der Waals surface area contributed by atoms with Gasteiger partial charge >= 0.3 is 0 Å². The van der Waals surface area contributed by atoms with Crippen molar-refractivity contribution in [3.05, 3.63) is 59.9 Å². The molecule has 1 fully saturated rings. The quantitative estimate of drug-likeness (QED) is 0.329. The Morgan fingerprint density at radius 2 is 1.88 bits per heavy atom. The molecular weight excluding hydrogens is 447 g/mol. The number of nitrogens with zero attached hydrogens (tertiary/aromatic N) is 2. The van der Waals surface area contributed by atoms with Gasteiger partial charge in [-0.05, 0) is 74.1 Å². The zero-order chi connectivity index (χ0) is 24.3. The standard InChI is InChI=1S/C25H32BFN5OP/c1-16(27)14-28-18-8-6-17(7-9-18)24(33)30-20-12-10-19(11-13-20)29-22-4-3-5-23-31-21(15-32(22)23)25(2,26)34/h3-9,15-16,19-20,28-29H,10-14,34H2,1-2H3,(H,30,33). The van der Waals surface area contributed by atoms with Crippen molar-refractivity contribution in [1.29, 1.82) is 0 Å². The third-order valence-corrected chi connectivity index (χ3v) is 6.49. The SMILES string of the molecule is [B]C(C)(P)c1cn2c(NC3CCC(NC(=O)c4ccc(NCC(C)F)cc4)CC3)cccc2n1. The third-order valence-electron chi connectivity index (χ3n) is 6.19. The van der Waals surface area contributed by atoms with Crippen LogP contribution in [0.1, 0.15) is 55.6 Å². The van der Waals surface area contributed by atoms with Crippen LogP contribution in [0.2, 0.25) is 0 Å². The van der Waals surface area contributed by atoms with Crippen molar-refractivity contribution >= 4 is 40.1 Å². The second-order valence-electron chi connectivity index (χ2n) is 9.45. The lowest BCUT2D eigenvalue weighted by molar-refractivity contribution is 0.0926. The van der Waals surface area contributed by atoms with E-state index in [1.165, 1.54) is 6.92 Å². The summed E-state index contributed by atoms with van der Waals surface area (Å²) in [5, 5.41) is 9.24. The highest BCUT2D eigenvalue weighted by molar-refractivity contribution is 7.21. The number of pyridine rings is 1. The molecule has 2 radical (unpaired) electrons. The number of amides is 1. The van der Waals surface area contributed by atoms with Crippen LogP contribution in [0.4, 0.5) is 15.9 Å². The molecule has 1 aliphatic rings. The van der Waals surface area contributed by atoms with Gasteiger partial charge in [-0.3, -0.25) is 9.20 Å². The van der Waals surface area contributed by atoms with Gasteiger partial charge in [-0.1, -0.05) is 13.0 Å². The molecule has 0 aliphatic heterocycles. The van der Waals surface area contributed by atoms with E-state index >= 15 is 0 Å². The Hall–Kier alpha value is -2.60. The number of carbonyl (C=O) groups is 1. The molecule has 6 nitrogen and oxygen atoms in total. The smallest absolute Gasteiger partial charge is 0.251 e. The Balaban J connectivity index is 1.30. The van der Waals surface area contributed by atoms with Crippen LogP contribution in [0.3, 0.4) is 0 Å². The highest BCUT2D eigenvalue weighted by Gasteiger charge is 2.24. The van der Waals surface area contributed by atoms with Crippen molar-refractivity contribution in [2.24, 2.45) is 0 Å². The molecule has 1 amide bonds. The van der Waals surface area contributed by atoms with E-state index in [1.807, 2.05) is 41.8 Å². The minimum Gasteiger partial charge on any atom is -0.382 e. The molecule has 34 heavy (non-hydrogen) atoms. The van der Waals surface area contributed by atoms with Crippen LogP contribution in [0.5, 0.6) is 0 Å². The van der Waals surface area contributed by atoms with Crippen LogP contribution in [0, 0.1) is 0 Å². The second-order valence-corrected chi connectivity index (χ2v) is 10.7. The predicted octanol–water partition coefficient (Wildman–Crippen LogP) is 4.47. The van der Waals surface area contributed by atoms with E-state index < -0.39 is 11.2 Å². The van der Waals surface area contributed by atoms with E-state index in [-0.39, 0.29) is 18.5 Å². The van der Waals surface area contributed by atoms with Crippen molar-refractivity contribution in [3.8, 4) is 0 Å². The highest BCUT2D eigenvalue weighted by Crippen LogP contribution is 2.28. The molecule has 3 N–H and O–H groups in total. The summed E-state index contributed by atoms with van der Waals surface area (Å²) in [5.41, 5.74) is 3.10. The van der Waals surface area contributed by atoms with Gasteiger partial charge in [0.2, 0.25) is 0 Å². The Kier molecular flexibility index (Phi) is 7.46. The number of nitrogens with one attached hydrogen (secondary N) is 3. The highest BCUT2D eigenvalue weighted by atomic mass is 31.0.